The summed E-state index contributed by atoms with van der Waals surface area (Å²) < 4.78 is 0. The van der Waals surface area contributed by atoms with Gasteiger partial charge in [0.15, 0.2) is 0 Å². The Hall–Kier alpha value is -0.160. The molecule has 4 nitrogen and oxygen atoms in total. The van der Waals surface area contributed by atoms with Gasteiger partial charge in [-0.3, -0.25) is 0 Å². The van der Waals surface area contributed by atoms with E-state index in [0.717, 1.165) is 45.6 Å². The highest BCUT2D eigenvalue weighted by atomic mass is 16.3. The summed E-state index contributed by atoms with van der Waals surface area (Å²) in [6, 6.07) is 0. The van der Waals surface area contributed by atoms with E-state index in [1.807, 2.05) is 21.0 Å². The topological polar surface area (TPSA) is 47.5 Å². The average Bonchev–Trinajstić information content (AvgIpc) is 2.17. The van der Waals surface area contributed by atoms with E-state index < -0.39 is 0 Å². The van der Waals surface area contributed by atoms with E-state index in [2.05, 4.69) is 15.5 Å². The predicted molar refractivity (Wildman–Crippen MR) is 65.2 cm³/mol. The van der Waals surface area contributed by atoms with E-state index in [1.165, 1.54) is 0 Å². The molecule has 0 fully saturated rings. The van der Waals surface area contributed by atoms with Gasteiger partial charge in [-0.2, -0.15) is 0 Å². The molecular weight excluding hydrogens is 190 g/mol. The summed E-state index contributed by atoms with van der Waals surface area (Å²) in [6.07, 6.45) is 2.06. The maximum atomic E-state index is 9.36. The molecule has 92 valence electrons. The molecule has 0 aliphatic rings. The fourth-order valence-electron chi connectivity index (χ4n) is 1.63. The van der Waals surface area contributed by atoms with Crippen LogP contribution >= 0.6 is 0 Å². The summed E-state index contributed by atoms with van der Waals surface area (Å²) in [5.41, 5.74) is 0. The molecule has 0 spiro atoms. The summed E-state index contributed by atoms with van der Waals surface area (Å²) in [7, 11) is 3.94. The lowest BCUT2D eigenvalue weighted by Gasteiger charge is -2.23. The van der Waals surface area contributed by atoms with Crippen LogP contribution < -0.4 is 10.6 Å². The van der Waals surface area contributed by atoms with Crippen LogP contribution in [0.25, 0.3) is 0 Å². The zero-order chi connectivity index (χ0) is 11.5. The molecule has 0 aliphatic heterocycles. The quantitative estimate of drug-likeness (QED) is 0.447. The van der Waals surface area contributed by atoms with Crippen molar-refractivity contribution in [1.82, 2.24) is 15.5 Å². The molecule has 0 aromatic heterocycles. The van der Waals surface area contributed by atoms with E-state index in [0.29, 0.717) is 0 Å². The second-order valence-corrected chi connectivity index (χ2v) is 4.06. The molecule has 1 unspecified atom stereocenters. The van der Waals surface area contributed by atoms with Gasteiger partial charge in [0.1, 0.15) is 0 Å². The van der Waals surface area contributed by atoms with E-state index in [1.54, 1.807) is 0 Å². The smallest absolute Gasteiger partial charge is 0.0639 e. The van der Waals surface area contributed by atoms with Gasteiger partial charge in [0.25, 0.3) is 0 Å². The van der Waals surface area contributed by atoms with E-state index >= 15 is 0 Å². The number of hydrogen-bond acceptors (Lipinski definition) is 4. The average molecular weight is 217 g/mol. The number of nitrogens with one attached hydrogen (secondary N) is 2. The van der Waals surface area contributed by atoms with Gasteiger partial charge in [-0.1, -0.05) is 0 Å². The van der Waals surface area contributed by atoms with Gasteiger partial charge in [0, 0.05) is 6.54 Å². The summed E-state index contributed by atoms with van der Waals surface area (Å²) in [5, 5.41) is 15.6. The molecule has 0 rings (SSSR count). The molecule has 0 radical (unpaired) electrons. The normalized spacial score (nSPS) is 13.4. The Labute approximate surface area is 94.0 Å². The molecule has 0 heterocycles. The molecule has 15 heavy (non-hydrogen) atoms. The van der Waals surface area contributed by atoms with E-state index in [9.17, 15) is 5.11 Å². The number of aliphatic hydroxyl groups is 1. The fraction of sp³-hybridized carbons (Fsp3) is 1.00. The van der Waals surface area contributed by atoms with Crippen molar-refractivity contribution >= 4 is 0 Å². The Morgan fingerprint density at radius 1 is 1.07 bits per heavy atom. The second kappa shape index (κ2) is 10.4. The third kappa shape index (κ3) is 10.1. The second-order valence-electron chi connectivity index (χ2n) is 4.06. The molecule has 0 saturated heterocycles. The molecular formula is C11H27N3O. The van der Waals surface area contributed by atoms with Crippen LogP contribution in [0.5, 0.6) is 0 Å². The first-order valence-corrected chi connectivity index (χ1v) is 5.90. The molecule has 0 bridgehead atoms. The van der Waals surface area contributed by atoms with E-state index in [-0.39, 0.29) is 6.10 Å². The van der Waals surface area contributed by atoms with E-state index in [4.69, 9.17) is 0 Å². The summed E-state index contributed by atoms with van der Waals surface area (Å²) in [4.78, 5) is 2.33. The van der Waals surface area contributed by atoms with Crippen molar-refractivity contribution in [3.8, 4) is 0 Å². The van der Waals surface area contributed by atoms with Gasteiger partial charge in [0.05, 0.1) is 6.10 Å². The monoisotopic (exact) mass is 217 g/mol. The fourth-order valence-corrected chi connectivity index (χ4v) is 1.63. The van der Waals surface area contributed by atoms with Crippen molar-refractivity contribution in [1.29, 1.82) is 0 Å². The van der Waals surface area contributed by atoms with Crippen molar-refractivity contribution in [3.63, 3.8) is 0 Å². The largest absolute Gasteiger partial charge is 0.392 e. The van der Waals surface area contributed by atoms with Crippen molar-refractivity contribution < 1.29 is 5.11 Å². The summed E-state index contributed by atoms with van der Waals surface area (Å²) in [5.74, 6) is 0. The Balaban J connectivity index is 3.63. The molecule has 4 heteroatoms. The Morgan fingerprint density at radius 2 is 1.53 bits per heavy atom. The van der Waals surface area contributed by atoms with Crippen LogP contribution in [0.2, 0.25) is 0 Å². The zero-order valence-electron chi connectivity index (χ0n) is 10.4. The van der Waals surface area contributed by atoms with Crippen LogP contribution in [0.4, 0.5) is 0 Å². The van der Waals surface area contributed by atoms with Gasteiger partial charge in [-0.15, -0.1) is 0 Å². The van der Waals surface area contributed by atoms with Crippen LogP contribution in [-0.2, 0) is 0 Å². The van der Waals surface area contributed by atoms with Gasteiger partial charge < -0.3 is 20.6 Å². The standard InChI is InChI=1S/C11H27N3O/c1-11(15)10-14(8-4-6-12-2)9-5-7-13-3/h11-13,15H,4-10H2,1-3H3. The molecule has 0 aliphatic carbocycles. The minimum Gasteiger partial charge on any atom is -0.392 e. The lowest BCUT2D eigenvalue weighted by atomic mass is 10.3. The summed E-state index contributed by atoms with van der Waals surface area (Å²) >= 11 is 0. The Bertz CT molecular complexity index is 121. The van der Waals surface area contributed by atoms with Crippen molar-refractivity contribution in [2.24, 2.45) is 0 Å². The minimum absolute atomic E-state index is 0.228. The van der Waals surface area contributed by atoms with Crippen molar-refractivity contribution in [2.75, 3.05) is 46.8 Å². The van der Waals surface area contributed by atoms with Gasteiger partial charge >= 0.3 is 0 Å². The van der Waals surface area contributed by atoms with Crippen molar-refractivity contribution in [3.05, 3.63) is 0 Å². The molecule has 0 aromatic rings. The zero-order valence-corrected chi connectivity index (χ0v) is 10.4. The van der Waals surface area contributed by atoms with Gasteiger partial charge in [-0.05, 0) is 60.0 Å². The molecule has 3 N–H and O–H groups in total. The summed E-state index contributed by atoms with van der Waals surface area (Å²) in [6.45, 7) is 6.85. The predicted octanol–water partition coefficient (Wildman–Crippen LogP) is -0.112. The van der Waals surface area contributed by atoms with Crippen LogP contribution in [0, 0.1) is 0 Å². The first-order chi connectivity index (χ1) is 7.20. The first kappa shape index (κ1) is 14.8. The lowest BCUT2D eigenvalue weighted by Crippen LogP contribution is -2.34. The SMILES string of the molecule is CNCCCN(CCCNC)CC(C)O. The van der Waals surface area contributed by atoms with Gasteiger partial charge in [0.2, 0.25) is 0 Å². The van der Waals surface area contributed by atoms with Crippen LogP contribution in [-0.4, -0.2) is 62.9 Å². The maximum absolute atomic E-state index is 9.36. The van der Waals surface area contributed by atoms with Crippen LogP contribution in [0.1, 0.15) is 19.8 Å². The third-order valence-corrected chi connectivity index (χ3v) is 2.32. The highest BCUT2D eigenvalue weighted by Gasteiger charge is 2.06. The number of rotatable bonds is 10. The van der Waals surface area contributed by atoms with Crippen LogP contribution in [0.3, 0.4) is 0 Å². The minimum atomic E-state index is -0.228. The molecule has 1 atom stereocenters. The molecule has 0 aromatic carbocycles. The van der Waals surface area contributed by atoms with Gasteiger partial charge in [-0.25, -0.2) is 0 Å². The molecule has 0 amide bonds. The maximum Gasteiger partial charge on any atom is 0.0639 e. The third-order valence-electron chi connectivity index (χ3n) is 2.32. The first-order valence-electron chi connectivity index (χ1n) is 5.90. The highest BCUT2D eigenvalue weighted by molar-refractivity contribution is 4.62. The Kier molecular flexibility index (Phi) is 10.3. The number of nitrogens with zero attached hydrogens (tertiary/aromatic N) is 1. The number of hydrogen-bond donors (Lipinski definition) is 3. The Morgan fingerprint density at radius 3 is 1.87 bits per heavy atom. The lowest BCUT2D eigenvalue weighted by molar-refractivity contribution is 0.125. The number of aliphatic hydroxyl groups excluding tert-OH is 1. The van der Waals surface area contributed by atoms with Crippen molar-refractivity contribution in [2.45, 2.75) is 25.9 Å². The highest BCUT2D eigenvalue weighted by Crippen LogP contribution is 1.96. The van der Waals surface area contributed by atoms with Crippen LogP contribution in [0.15, 0.2) is 0 Å². The molecule has 0 saturated carbocycles.